The number of nitrogens with zero attached hydrogens (tertiary/aromatic N) is 1. The van der Waals surface area contributed by atoms with Crippen LogP contribution in [0.4, 0.5) is 0 Å². The van der Waals surface area contributed by atoms with E-state index >= 15 is 0 Å². The molecule has 1 aliphatic carbocycles. The van der Waals surface area contributed by atoms with Crippen molar-refractivity contribution < 1.29 is 4.79 Å². The molecule has 0 fully saturated rings. The van der Waals surface area contributed by atoms with Gasteiger partial charge in [-0.2, -0.15) is 0 Å². The van der Waals surface area contributed by atoms with E-state index in [4.69, 9.17) is 11.6 Å². The fraction of sp³-hybridized carbons (Fsp3) is 0.217. The molecule has 0 bridgehead atoms. The first-order valence-corrected chi connectivity index (χ1v) is 10.1. The van der Waals surface area contributed by atoms with E-state index in [0.717, 1.165) is 46.8 Å². The predicted octanol–water partition coefficient (Wildman–Crippen LogP) is 4.48. The Hall–Kier alpha value is -3.05. The van der Waals surface area contributed by atoms with E-state index in [1.165, 1.54) is 11.6 Å². The monoisotopic (exact) mass is 405 g/mol. The van der Waals surface area contributed by atoms with Gasteiger partial charge in [-0.25, -0.2) is 0 Å². The summed E-state index contributed by atoms with van der Waals surface area (Å²) in [5.41, 5.74) is 4.10. The standard InChI is InChI=1S/C23H20ClN3O2/c1-27-19-11-3-2-6-13(19)16(12-20(27)28)23(29)25-18-10-5-8-15-14-7-4-9-17(24)21(14)26-22(15)18/h2-4,6-7,9,11-12,18,26H,5,8,10H2,1H3,(H,25,29)/t18-/m0/s1. The summed E-state index contributed by atoms with van der Waals surface area (Å²) < 4.78 is 1.56. The summed E-state index contributed by atoms with van der Waals surface area (Å²) in [6.07, 6.45) is 2.78. The average molecular weight is 406 g/mol. The average Bonchev–Trinajstić information content (AvgIpc) is 3.12. The van der Waals surface area contributed by atoms with Gasteiger partial charge < -0.3 is 14.9 Å². The summed E-state index contributed by atoms with van der Waals surface area (Å²) in [6.45, 7) is 0. The van der Waals surface area contributed by atoms with Gasteiger partial charge in [-0.05, 0) is 37.0 Å². The molecule has 2 aromatic carbocycles. The Morgan fingerprint density at radius 3 is 2.83 bits per heavy atom. The van der Waals surface area contributed by atoms with Gasteiger partial charge in [0.05, 0.1) is 27.7 Å². The SMILES string of the molecule is Cn1c(=O)cc(C(=O)N[C@H]2CCCc3c2[nH]c2c(Cl)cccc32)c2ccccc21. The van der Waals surface area contributed by atoms with Crippen LogP contribution in [0.1, 0.15) is 40.5 Å². The number of benzene rings is 2. The third-order valence-corrected chi connectivity index (χ3v) is 6.21. The molecule has 0 aliphatic heterocycles. The minimum Gasteiger partial charge on any atom is -0.355 e. The fourth-order valence-corrected chi connectivity index (χ4v) is 4.65. The van der Waals surface area contributed by atoms with E-state index in [9.17, 15) is 9.59 Å². The lowest BCUT2D eigenvalue weighted by Gasteiger charge is -2.24. The van der Waals surface area contributed by atoms with Crippen molar-refractivity contribution in [3.63, 3.8) is 0 Å². The number of aromatic nitrogens is 2. The molecule has 2 N–H and O–H groups in total. The zero-order chi connectivity index (χ0) is 20.1. The van der Waals surface area contributed by atoms with Crippen molar-refractivity contribution in [2.45, 2.75) is 25.3 Å². The molecule has 0 radical (unpaired) electrons. The first-order valence-electron chi connectivity index (χ1n) is 9.73. The smallest absolute Gasteiger partial charge is 0.252 e. The van der Waals surface area contributed by atoms with Gasteiger partial charge in [0, 0.05) is 29.6 Å². The summed E-state index contributed by atoms with van der Waals surface area (Å²) in [6, 6.07) is 14.6. The van der Waals surface area contributed by atoms with Crippen molar-refractivity contribution in [3.8, 4) is 0 Å². The van der Waals surface area contributed by atoms with Gasteiger partial charge in [-0.3, -0.25) is 9.59 Å². The summed E-state index contributed by atoms with van der Waals surface area (Å²) in [4.78, 5) is 29.0. The van der Waals surface area contributed by atoms with Crippen LogP contribution < -0.4 is 10.9 Å². The molecular weight excluding hydrogens is 386 g/mol. The van der Waals surface area contributed by atoms with Crippen LogP contribution in [-0.4, -0.2) is 15.5 Å². The molecule has 1 aliphatic rings. The third-order valence-electron chi connectivity index (χ3n) is 5.90. The number of carbonyl (C=O) groups excluding carboxylic acids is 1. The molecular formula is C23H20ClN3O2. The maximum absolute atomic E-state index is 13.2. The Balaban J connectivity index is 1.56. The summed E-state index contributed by atoms with van der Waals surface area (Å²) in [5, 5.41) is 5.71. The van der Waals surface area contributed by atoms with Crippen LogP contribution in [0.3, 0.4) is 0 Å². The van der Waals surface area contributed by atoms with E-state index in [-0.39, 0.29) is 17.5 Å². The number of hydrogen-bond acceptors (Lipinski definition) is 2. The Morgan fingerprint density at radius 2 is 1.97 bits per heavy atom. The number of halogens is 1. The fourth-order valence-electron chi connectivity index (χ4n) is 4.43. The van der Waals surface area contributed by atoms with Crippen molar-refractivity contribution in [1.29, 1.82) is 0 Å². The van der Waals surface area contributed by atoms with Crippen LogP contribution in [-0.2, 0) is 13.5 Å². The number of carbonyl (C=O) groups is 1. The minimum absolute atomic E-state index is 0.141. The molecule has 29 heavy (non-hydrogen) atoms. The Morgan fingerprint density at radius 1 is 1.17 bits per heavy atom. The number of H-pyrrole nitrogens is 1. The van der Waals surface area contributed by atoms with E-state index in [2.05, 4.69) is 16.4 Å². The Kier molecular flexibility index (Phi) is 4.21. The molecule has 2 aromatic heterocycles. The highest BCUT2D eigenvalue weighted by molar-refractivity contribution is 6.35. The second-order valence-corrected chi connectivity index (χ2v) is 7.98. The highest BCUT2D eigenvalue weighted by Gasteiger charge is 2.27. The van der Waals surface area contributed by atoms with Crippen LogP contribution >= 0.6 is 11.6 Å². The second-order valence-electron chi connectivity index (χ2n) is 7.57. The van der Waals surface area contributed by atoms with Gasteiger partial charge >= 0.3 is 0 Å². The molecule has 1 atom stereocenters. The van der Waals surface area contributed by atoms with Crippen LogP contribution in [0.25, 0.3) is 21.8 Å². The predicted molar refractivity (Wildman–Crippen MR) is 116 cm³/mol. The Bertz CT molecular complexity index is 1340. The molecule has 0 saturated carbocycles. The number of aryl methyl sites for hydroxylation is 2. The van der Waals surface area contributed by atoms with E-state index in [1.807, 2.05) is 36.4 Å². The largest absolute Gasteiger partial charge is 0.355 e. The molecule has 4 aromatic rings. The summed E-state index contributed by atoms with van der Waals surface area (Å²) >= 11 is 6.37. The lowest BCUT2D eigenvalue weighted by atomic mass is 9.91. The van der Waals surface area contributed by atoms with Gasteiger partial charge in [0.1, 0.15) is 0 Å². The number of para-hydroxylation sites is 2. The molecule has 0 saturated heterocycles. The molecule has 0 spiro atoms. The molecule has 1 amide bonds. The number of hydrogen-bond donors (Lipinski definition) is 2. The molecule has 2 heterocycles. The quantitative estimate of drug-likeness (QED) is 0.516. The second kappa shape index (κ2) is 6.78. The van der Waals surface area contributed by atoms with Crippen LogP contribution in [0.15, 0.2) is 53.3 Å². The van der Waals surface area contributed by atoms with E-state index in [1.54, 1.807) is 11.6 Å². The lowest BCUT2D eigenvalue weighted by molar-refractivity contribution is 0.0933. The van der Waals surface area contributed by atoms with Crippen LogP contribution in [0.5, 0.6) is 0 Å². The van der Waals surface area contributed by atoms with Gasteiger partial charge in [-0.15, -0.1) is 0 Å². The van der Waals surface area contributed by atoms with Crippen LogP contribution in [0, 0.1) is 0 Å². The third kappa shape index (κ3) is 2.85. The van der Waals surface area contributed by atoms with Gasteiger partial charge in [-0.1, -0.05) is 41.9 Å². The molecule has 5 rings (SSSR count). The van der Waals surface area contributed by atoms with Crippen molar-refractivity contribution in [2.24, 2.45) is 7.05 Å². The zero-order valence-corrected chi connectivity index (χ0v) is 16.7. The number of rotatable bonds is 2. The number of aromatic amines is 1. The first-order chi connectivity index (χ1) is 14.0. The normalized spacial score (nSPS) is 16.1. The van der Waals surface area contributed by atoms with Crippen molar-refractivity contribution in [3.05, 3.63) is 80.7 Å². The van der Waals surface area contributed by atoms with Gasteiger partial charge in [0.2, 0.25) is 0 Å². The maximum atomic E-state index is 13.2. The van der Waals surface area contributed by atoms with Gasteiger partial charge in [0.25, 0.3) is 11.5 Å². The topological polar surface area (TPSA) is 66.9 Å². The zero-order valence-electron chi connectivity index (χ0n) is 16.0. The minimum atomic E-state index is -0.235. The number of fused-ring (bicyclic) bond motifs is 4. The van der Waals surface area contributed by atoms with Crippen molar-refractivity contribution in [2.75, 3.05) is 0 Å². The molecule has 5 nitrogen and oxygen atoms in total. The van der Waals surface area contributed by atoms with Crippen molar-refractivity contribution >= 4 is 39.3 Å². The first kappa shape index (κ1) is 18.0. The van der Waals surface area contributed by atoms with E-state index < -0.39 is 0 Å². The molecule has 0 unspecified atom stereocenters. The summed E-state index contributed by atoms with van der Waals surface area (Å²) in [5.74, 6) is -0.235. The number of amides is 1. The maximum Gasteiger partial charge on any atom is 0.252 e. The highest BCUT2D eigenvalue weighted by Crippen LogP contribution is 2.37. The molecule has 146 valence electrons. The molecule has 6 heteroatoms. The highest BCUT2D eigenvalue weighted by atomic mass is 35.5. The lowest BCUT2D eigenvalue weighted by Crippen LogP contribution is -2.32. The van der Waals surface area contributed by atoms with Crippen LogP contribution in [0.2, 0.25) is 5.02 Å². The number of pyridine rings is 1. The Labute approximate surface area is 172 Å². The summed E-state index contributed by atoms with van der Waals surface area (Å²) in [7, 11) is 1.72. The van der Waals surface area contributed by atoms with Gasteiger partial charge in [0.15, 0.2) is 0 Å². The number of nitrogens with one attached hydrogen (secondary N) is 2. The van der Waals surface area contributed by atoms with Crippen molar-refractivity contribution in [1.82, 2.24) is 14.9 Å². The van der Waals surface area contributed by atoms with E-state index in [0.29, 0.717) is 10.6 Å².